The van der Waals surface area contributed by atoms with Crippen LogP contribution in [0, 0.1) is 5.41 Å². The summed E-state index contributed by atoms with van der Waals surface area (Å²) >= 11 is 0. The molecule has 0 aliphatic carbocycles. The zero-order valence-electron chi connectivity index (χ0n) is 10.2. The fourth-order valence-electron chi connectivity index (χ4n) is 2.24. The minimum atomic E-state index is -3.09. The summed E-state index contributed by atoms with van der Waals surface area (Å²) in [5.41, 5.74) is -0.841. The third kappa shape index (κ3) is 3.96. The molecule has 1 aliphatic heterocycles. The van der Waals surface area contributed by atoms with Crippen LogP contribution in [0.3, 0.4) is 0 Å². The molecule has 0 unspecified atom stereocenters. The second kappa shape index (κ2) is 5.82. The number of carboxylic acids is 1. The predicted octanol–water partition coefficient (Wildman–Crippen LogP) is 0.656. The number of aliphatic carboxylic acids is 1. The van der Waals surface area contributed by atoms with Gasteiger partial charge in [0.2, 0.25) is 0 Å². The van der Waals surface area contributed by atoms with Gasteiger partial charge in [-0.3, -0.25) is 4.79 Å². The van der Waals surface area contributed by atoms with Crippen molar-refractivity contribution in [2.24, 2.45) is 5.41 Å². The van der Waals surface area contributed by atoms with E-state index >= 15 is 0 Å². The number of hydrogen-bond acceptors (Lipinski definition) is 4. The van der Waals surface area contributed by atoms with Gasteiger partial charge in [0.15, 0.2) is 0 Å². The quantitative estimate of drug-likeness (QED) is 0.735. The summed E-state index contributed by atoms with van der Waals surface area (Å²) in [4.78, 5) is 11.3. The van der Waals surface area contributed by atoms with Crippen molar-refractivity contribution in [2.75, 3.05) is 24.6 Å². The third-order valence-electron chi connectivity index (χ3n) is 3.42. The molecule has 0 aromatic carbocycles. The summed E-state index contributed by atoms with van der Waals surface area (Å²) in [5.74, 6) is -0.709. The molecule has 0 amide bonds. The lowest BCUT2D eigenvalue weighted by Gasteiger charge is -2.33. The van der Waals surface area contributed by atoms with Gasteiger partial charge in [0.05, 0.1) is 11.2 Å². The summed E-state index contributed by atoms with van der Waals surface area (Å²) in [5, 5.41) is 12.4. The van der Waals surface area contributed by atoms with Crippen molar-refractivity contribution in [2.45, 2.75) is 32.6 Å². The Bertz CT molecular complexity index is 358. The summed E-state index contributed by atoms with van der Waals surface area (Å²) < 4.78 is 23.3. The van der Waals surface area contributed by atoms with E-state index in [1.807, 2.05) is 6.92 Å². The average molecular weight is 263 g/mol. The molecule has 1 aliphatic rings. The fraction of sp³-hybridized carbons (Fsp3) is 0.909. The molecule has 0 bridgehead atoms. The van der Waals surface area contributed by atoms with Gasteiger partial charge in [0.1, 0.15) is 9.84 Å². The maximum Gasteiger partial charge on any atom is 0.309 e. The van der Waals surface area contributed by atoms with E-state index in [1.54, 1.807) is 0 Å². The molecule has 1 fully saturated rings. The number of piperidine rings is 1. The van der Waals surface area contributed by atoms with Crippen molar-refractivity contribution >= 4 is 15.8 Å². The van der Waals surface area contributed by atoms with E-state index in [2.05, 4.69) is 5.32 Å². The SMILES string of the molecule is CCCS(=O)(=O)CCC1(C(=O)O)CCNCC1. The van der Waals surface area contributed by atoms with E-state index in [-0.39, 0.29) is 17.9 Å². The third-order valence-corrected chi connectivity index (χ3v) is 5.28. The number of sulfone groups is 1. The number of hydrogen-bond donors (Lipinski definition) is 2. The van der Waals surface area contributed by atoms with Crippen molar-refractivity contribution in [1.82, 2.24) is 5.32 Å². The van der Waals surface area contributed by atoms with Crippen LogP contribution in [0.5, 0.6) is 0 Å². The first-order valence-corrected chi connectivity index (χ1v) is 7.88. The average Bonchev–Trinajstić information content (AvgIpc) is 2.28. The molecule has 0 aromatic rings. The van der Waals surface area contributed by atoms with Gasteiger partial charge in [-0.05, 0) is 38.8 Å². The van der Waals surface area contributed by atoms with Crippen LogP contribution in [0.2, 0.25) is 0 Å². The van der Waals surface area contributed by atoms with Gasteiger partial charge in [-0.15, -0.1) is 0 Å². The monoisotopic (exact) mass is 263 g/mol. The van der Waals surface area contributed by atoms with Crippen LogP contribution in [-0.4, -0.2) is 44.1 Å². The molecular formula is C11H21NO4S. The highest BCUT2D eigenvalue weighted by molar-refractivity contribution is 7.91. The van der Waals surface area contributed by atoms with Crippen LogP contribution >= 0.6 is 0 Å². The number of nitrogens with one attached hydrogen (secondary N) is 1. The summed E-state index contributed by atoms with van der Waals surface area (Å²) in [6.45, 7) is 3.12. The Balaban J connectivity index is 2.65. The van der Waals surface area contributed by atoms with Crippen LogP contribution in [-0.2, 0) is 14.6 Å². The molecule has 6 heteroatoms. The molecule has 1 rings (SSSR count). The van der Waals surface area contributed by atoms with Gasteiger partial charge < -0.3 is 10.4 Å². The lowest BCUT2D eigenvalue weighted by atomic mass is 9.77. The summed E-state index contributed by atoms with van der Waals surface area (Å²) in [7, 11) is -3.09. The van der Waals surface area contributed by atoms with E-state index in [9.17, 15) is 18.3 Å². The minimum Gasteiger partial charge on any atom is -0.481 e. The van der Waals surface area contributed by atoms with Crippen molar-refractivity contribution in [3.05, 3.63) is 0 Å². The van der Waals surface area contributed by atoms with Crippen LogP contribution in [0.1, 0.15) is 32.6 Å². The number of carboxylic acid groups (broad SMARTS) is 1. The number of carbonyl (C=O) groups is 1. The normalized spacial score (nSPS) is 20.1. The molecule has 5 nitrogen and oxygen atoms in total. The van der Waals surface area contributed by atoms with Crippen molar-refractivity contribution in [3.8, 4) is 0 Å². The van der Waals surface area contributed by atoms with Crippen LogP contribution < -0.4 is 5.32 Å². The fourth-order valence-corrected chi connectivity index (χ4v) is 3.77. The van der Waals surface area contributed by atoms with Crippen LogP contribution in [0.15, 0.2) is 0 Å². The second-order valence-corrected chi connectivity index (χ2v) is 7.04. The van der Waals surface area contributed by atoms with E-state index < -0.39 is 21.2 Å². The van der Waals surface area contributed by atoms with Crippen LogP contribution in [0.25, 0.3) is 0 Å². The Kier molecular flexibility index (Phi) is 4.94. The largest absolute Gasteiger partial charge is 0.481 e. The van der Waals surface area contributed by atoms with E-state index in [0.717, 1.165) is 0 Å². The van der Waals surface area contributed by atoms with Crippen LogP contribution in [0.4, 0.5) is 0 Å². The Hall–Kier alpha value is -0.620. The van der Waals surface area contributed by atoms with Gasteiger partial charge in [-0.1, -0.05) is 6.92 Å². The molecule has 0 radical (unpaired) electrons. The van der Waals surface area contributed by atoms with Gasteiger partial charge in [0, 0.05) is 5.75 Å². The zero-order chi connectivity index (χ0) is 12.9. The maximum absolute atomic E-state index is 11.6. The maximum atomic E-state index is 11.6. The van der Waals surface area contributed by atoms with Gasteiger partial charge in [0.25, 0.3) is 0 Å². The highest BCUT2D eigenvalue weighted by Gasteiger charge is 2.40. The van der Waals surface area contributed by atoms with Crippen molar-refractivity contribution < 1.29 is 18.3 Å². The Morgan fingerprint density at radius 3 is 2.35 bits per heavy atom. The molecule has 0 atom stereocenters. The standard InChI is InChI=1S/C11H21NO4S/c1-2-8-17(15,16)9-5-11(10(13)14)3-6-12-7-4-11/h12H,2-9H2,1H3,(H,13,14). The lowest BCUT2D eigenvalue weighted by Crippen LogP contribution is -2.43. The molecule has 0 spiro atoms. The molecule has 100 valence electrons. The molecule has 1 heterocycles. The van der Waals surface area contributed by atoms with E-state index in [0.29, 0.717) is 32.4 Å². The Morgan fingerprint density at radius 1 is 1.29 bits per heavy atom. The van der Waals surface area contributed by atoms with E-state index in [1.165, 1.54) is 0 Å². The van der Waals surface area contributed by atoms with E-state index in [4.69, 9.17) is 0 Å². The van der Waals surface area contributed by atoms with Crippen molar-refractivity contribution in [3.63, 3.8) is 0 Å². The molecule has 2 N–H and O–H groups in total. The Morgan fingerprint density at radius 2 is 1.88 bits per heavy atom. The summed E-state index contributed by atoms with van der Waals surface area (Å²) in [6.07, 6.45) is 1.87. The highest BCUT2D eigenvalue weighted by atomic mass is 32.2. The van der Waals surface area contributed by atoms with Gasteiger partial charge >= 0.3 is 5.97 Å². The molecule has 0 saturated carbocycles. The molecular weight excluding hydrogens is 242 g/mol. The summed E-state index contributed by atoms with van der Waals surface area (Å²) in [6, 6.07) is 0. The lowest BCUT2D eigenvalue weighted by molar-refractivity contribution is -0.150. The van der Waals surface area contributed by atoms with Gasteiger partial charge in [-0.2, -0.15) is 0 Å². The smallest absolute Gasteiger partial charge is 0.309 e. The molecule has 0 aromatic heterocycles. The minimum absolute atomic E-state index is 0.00681. The van der Waals surface area contributed by atoms with Crippen molar-refractivity contribution in [1.29, 1.82) is 0 Å². The molecule has 17 heavy (non-hydrogen) atoms. The first-order chi connectivity index (χ1) is 7.92. The van der Waals surface area contributed by atoms with Gasteiger partial charge in [-0.25, -0.2) is 8.42 Å². The zero-order valence-corrected chi connectivity index (χ0v) is 11.1. The first kappa shape index (κ1) is 14.4. The first-order valence-electron chi connectivity index (χ1n) is 6.06. The Labute approximate surface area is 103 Å². The second-order valence-electron chi connectivity index (χ2n) is 4.74. The predicted molar refractivity (Wildman–Crippen MR) is 65.7 cm³/mol. The number of rotatable bonds is 6. The highest BCUT2D eigenvalue weighted by Crippen LogP contribution is 2.33. The topological polar surface area (TPSA) is 83.5 Å². The molecule has 1 saturated heterocycles.